The van der Waals surface area contributed by atoms with Crippen molar-refractivity contribution in [2.45, 2.75) is 58.4 Å². The van der Waals surface area contributed by atoms with Crippen molar-refractivity contribution in [2.24, 2.45) is 5.92 Å². The van der Waals surface area contributed by atoms with Gasteiger partial charge in [-0.2, -0.15) is 0 Å². The van der Waals surface area contributed by atoms with Gasteiger partial charge >= 0.3 is 0 Å². The van der Waals surface area contributed by atoms with E-state index in [9.17, 15) is 4.79 Å². The average Bonchev–Trinajstić information content (AvgIpc) is 2.55. The van der Waals surface area contributed by atoms with Gasteiger partial charge in [0.2, 0.25) is 5.91 Å². The summed E-state index contributed by atoms with van der Waals surface area (Å²) in [5.74, 6) is 0.961. The lowest BCUT2D eigenvalue weighted by Crippen LogP contribution is -2.36. The van der Waals surface area contributed by atoms with Crippen molar-refractivity contribution in [1.82, 2.24) is 5.32 Å². The zero-order valence-corrected chi connectivity index (χ0v) is 8.81. The predicted octanol–water partition coefficient (Wildman–Crippen LogP) is 2.48. The molecule has 0 radical (unpaired) electrons. The Morgan fingerprint density at radius 2 is 2.08 bits per heavy atom. The molecule has 0 aromatic heterocycles. The topological polar surface area (TPSA) is 29.1 Å². The second-order valence-electron chi connectivity index (χ2n) is 4.15. The summed E-state index contributed by atoms with van der Waals surface area (Å²) < 4.78 is 0. The predicted molar refractivity (Wildman–Crippen MR) is 54.5 cm³/mol. The van der Waals surface area contributed by atoms with Gasteiger partial charge < -0.3 is 5.32 Å². The Kier molecular flexibility index (Phi) is 4.26. The fourth-order valence-corrected chi connectivity index (χ4v) is 2.13. The van der Waals surface area contributed by atoms with Gasteiger partial charge in [-0.1, -0.05) is 19.8 Å². The van der Waals surface area contributed by atoms with Crippen molar-refractivity contribution in [3.05, 3.63) is 0 Å². The number of carbonyl (C=O) groups excluding carboxylic acids is 1. The Bertz CT molecular complexity index is 161. The van der Waals surface area contributed by atoms with Gasteiger partial charge in [0.25, 0.3) is 0 Å². The minimum atomic E-state index is 0.224. The molecule has 2 nitrogen and oxygen atoms in total. The monoisotopic (exact) mass is 183 g/mol. The molecular weight excluding hydrogens is 162 g/mol. The van der Waals surface area contributed by atoms with Crippen molar-refractivity contribution < 1.29 is 4.79 Å². The van der Waals surface area contributed by atoms with E-state index in [-0.39, 0.29) is 5.91 Å². The molecule has 0 unspecified atom stereocenters. The van der Waals surface area contributed by atoms with E-state index in [0.29, 0.717) is 12.5 Å². The lowest BCUT2D eigenvalue weighted by Gasteiger charge is -2.20. The summed E-state index contributed by atoms with van der Waals surface area (Å²) in [5, 5.41) is 3.08. The highest BCUT2D eigenvalue weighted by atomic mass is 16.1. The number of hydrogen-bond acceptors (Lipinski definition) is 1. The molecule has 0 aromatic rings. The van der Waals surface area contributed by atoms with Gasteiger partial charge in [0.05, 0.1) is 0 Å². The largest absolute Gasteiger partial charge is 0.353 e. The zero-order valence-electron chi connectivity index (χ0n) is 8.81. The third-order valence-electron chi connectivity index (χ3n) is 2.97. The number of rotatable bonds is 4. The molecule has 0 aliphatic heterocycles. The summed E-state index contributed by atoms with van der Waals surface area (Å²) in [7, 11) is 0. The third-order valence-corrected chi connectivity index (χ3v) is 2.97. The van der Waals surface area contributed by atoms with Gasteiger partial charge in [-0.15, -0.1) is 0 Å². The second kappa shape index (κ2) is 5.25. The highest BCUT2D eigenvalue weighted by Gasteiger charge is 2.22. The van der Waals surface area contributed by atoms with Gasteiger partial charge in [-0.3, -0.25) is 4.79 Å². The van der Waals surface area contributed by atoms with Crippen LogP contribution in [0.3, 0.4) is 0 Å². The lowest BCUT2D eigenvalue weighted by molar-refractivity contribution is -0.122. The first-order valence-corrected chi connectivity index (χ1v) is 5.53. The van der Waals surface area contributed by atoms with Gasteiger partial charge in [0, 0.05) is 12.5 Å². The maximum absolute atomic E-state index is 11.3. The summed E-state index contributed by atoms with van der Waals surface area (Å²) >= 11 is 0. The van der Waals surface area contributed by atoms with Gasteiger partial charge in [-0.25, -0.2) is 0 Å². The first kappa shape index (κ1) is 10.6. The van der Waals surface area contributed by atoms with Crippen molar-refractivity contribution in [2.75, 3.05) is 0 Å². The van der Waals surface area contributed by atoms with Crippen LogP contribution in [0.1, 0.15) is 52.4 Å². The molecule has 1 fully saturated rings. The minimum Gasteiger partial charge on any atom is -0.353 e. The molecular formula is C11H21NO. The highest BCUT2D eigenvalue weighted by molar-refractivity contribution is 5.76. The number of carbonyl (C=O) groups is 1. The molecule has 1 N–H and O–H groups in total. The Balaban J connectivity index is 2.22. The molecule has 0 spiro atoms. The van der Waals surface area contributed by atoms with Crippen LogP contribution in [0.4, 0.5) is 0 Å². The summed E-state index contributed by atoms with van der Waals surface area (Å²) in [4.78, 5) is 11.3. The number of nitrogens with one attached hydrogen (secondary N) is 1. The van der Waals surface area contributed by atoms with E-state index < -0.39 is 0 Å². The lowest BCUT2D eigenvalue weighted by atomic mass is 10.00. The van der Waals surface area contributed by atoms with E-state index in [2.05, 4.69) is 12.2 Å². The molecule has 0 heterocycles. The number of hydrogen-bond donors (Lipinski definition) is 1. The quantitative estimate of drug-likeness (QED) is 0.712. The SMILES string of the molecule is CCCC(=O)N[C@@H](C)C1CCCC1. The summed E-state index contributed by atoms with van der Waals surface area (Å²) in [6.45, 7) is 4.18. The van der Waals surface area contributed by atoms with Crippen LogP contribution in [0, 0.1) is 5.92 Å². The van der Waals surface area contributed by atoms with E-state index in [0.717, 1.165) is 12.3 Å². The molecule has 2 heteroatoms. The van der Waals surface area contributed by atoms with E-state index in [1.165, 1.54) is 25.7 Å². The molecule has 13 heavy (non-hydrogen) atoms. The molecule has 1 aliphatic rings. The van der Waals surface area contributed by atoms with Crippen LogP contribution in [0.2, 0.25) is 0 Å². The Morgan fingerprint density at radius 1 is 1.46 bits per heavy atom. The average molecular weight is 183 g/mol. The van der Waals surface area contributed by atoms with Crippen LogP contribution in [-0.4, -0.2) is 11.9 Å². The van der Waals surface area contributed by atoms with Gasteiger partial charge in [0.1, 0.15) is 0 Å². The van der Waals surface area contributed by atoms with Crippen LogP contribution in [0.25, 0.3) is 0 Å². The van der Waals surface area contributed by atoms with Crippen LogP contribution < -0.4 is 5.32 Å². The second-order valence-corrected chi connectivity index (χ2v) is 4.15. The molecule has 1 rings (SSSR count). The highest BCUT2D eigenvalue weighted by Crippen LogP contribution is 2.27. The molecule has 0 aromatic carbocycles. The van der Waals surface area contributed by atoms with Crippen LogP contribution >= 0.6 is 0 Å². The Labute approximate surface area is 81.1 Å². The van der Waals surface area contributed by atoms with Crippen molar-refractivity contribution in [3.63, 3.8) is 0 Å². The number of amides is 1. The Morgan fingerprint density at radius 3 is 2.62 bits per heavy atom. The van der Waals surface area contributed by atoms with Crippen LogP contribution in [0.15, 0.2) is 0 Å². The molecule has 0 saturated heterocycles. The molecule has 76 valence electrons. The van der Waals surface area contributed by atoms with Crippen molar-refractivity contribution in [3.8, 4) is 0 Å². The van der Waals surface area contributed by atoms with Crippen LogP contribution in [0.5, 0.6) is 0 Å². The smallest absolute Gasteiger partial charge is 0.220 e. The maximum atomic E-state index is 11.3. The van der Waals surface area contributed by atoms with Crippen molar-refractivity contribution in [1.29, 1.82) is 0 Å². The fourth-order valence-electron chi connectivity index (χ4n) is 2.13. The molecule has 1 aliphatic carbocycles. The van der Waals surface area contributed by atoms with E-state index in [1.807, 2.05) is 6.92 Å². The molecule has 0 bridgehead atoms. The van der Waals surface area contributed by atoms with E-state index in [1.54, 1.807) is 0 Å². The standard InChI is InChI=1S/C11H21NO/c1-3-6-11(13)12-9(2)10-7-4-5-8-10/h9-10H,3-8H2,1-2H3,(H,12,13)/t9-/m0/s1. The minimum absolute atomic E-state index is 0.224. The summed E-state index contributed by atoms with van der Waals surface area (Å²) in [5.41, 5.74) is 0. The third kappa shape index (κ3) is 3.37. The summed E-state index contributed by atoms with van der Waals surface area (Å²) in [6.07, 6.45) is 6.92. The molecule has 1 atom stereocenters. The van der Waals surface area contributed by atoms with Gasteiger partial charge in [-0.05, 0) is 32.1 Å². The first-order valence-electron chi connectivity index (χ1n) is 5.53. The van der Waals surface area contributed by atoms with Gasteiger partial charge in [0.15, 0.2) is 0 Å². The normalized spacial score (nSPS) is 20.2. The first-order chi connectivity index (χ1) is 6.24. The van der Waals surface area contributed by atoms with Crippen LogP contribution in [-0.2, 0) is 4.79 Å². The van der Waals surface area contributed by atoms with Crippen molar-refractivity contribution >= 4 is 5.91 Å². The Hall–Kier alpha value is -0.530. The molecule has 1 amide bonds. The fraction of sp³-hybridized carbons (Fsp3) is 0.909. The zero-order chi connectivity index (χ0) is 9.68. The maximum Gasteiger partial charge on any atom is 0.220 e. The summed E-state index contributed by atoms with van der Waals surface area (Å²) in [6, 6.07) is 0.390. The van der Waals surface area contributed by atoms with E-state index in [4.69, 9.17) is 0 Å². The molecule has 1 saturated carbocycles. The van der Waals surface area contributed by atoms with E-state index >= 15 is 0 Å².